The Morgan fingerprint density at radius 2 is 1.96 bits per heavy atom. The summed E-state index contributed by atoms with van der Waals surface area (Å²) in [6, 6.07) is 8.91. The van der Waals surface area contributed by atoms with E-state index >= 15 is 0 Å². The van der Waals surface area contributed by atoms with Crippen molar-refractivity contribution in [2.45, 2.75) is 13.3 Å². The number of esters is 1. The zero-order valence-electron chi connectivity index (χ0n) is 15.4. The fraction of sp³-hybridized carbons (Fsp3) is 0.263. The van der Waals surface area contributed by atoms with Gasteiger partial charge in [0.2, 0.25) is 10.0 Å². The molecular weight excluding hydrogens is 387 g/mol. The number of ether oxygens (including phenoxy) is 1. The van der Waals surface area contributed by atoms with Crippen LogP contribution in [0.4, 0.5) is 15.8 Å². The van der Waals surface area contributed by atoms with Crippen LogP contribution in [0.1, 0.15) is 21.5 Å². The van der Waals surface area contributed by atoms with Crippen molar-refractivity contribution in [3.05, 3.63) is 58.9 Å². The molecule has 0 atom stereocenters. The standard InChI is InChI=1S/C19H19FN2O5S/c1-12-3-5-16(15(20)9-12)21-18(23)11-27-19(24)14-4-6-17-13(10-14)7-8-22(17)28(2,25)26/h3-6,9-10H,7-8,11H2,1-2H3,(H,21,23). The van der Waals surface area contributed by atoms with Crippen molar-refractivity contribution >= 4 is 33.3 Å². The summed E-state index contributed by atoms with van der Waals surface area (Å²) >= 11 is 0. The molecule has 0 saturated carbocycles. The van der Waals surface area contributed by atoms with Gasteiger partial charge in [-0.3, -0.25) is 9.10 Å². The summed E-state index contributed by atoms with van der Waals surface area (Å²) < 4.78 is 43.5. The maximum absolute atomic E-state index is 13.7. The van der Waals surface area contributed by atoms with Crippen LogP contribution in [-0.2, 0) is 26.0 Å². The molecule has 0 unspecified atom stereocenters. The Labute approximate surface area is 162 Å². The van der Waals surface area contributed by atoms with Crippen LogP contribution in [0.2, 0.25) is 0 Å². The maximum atomic E-state index is 13.7. The molecule has 0 radical (unpaired) electrons. The summed E-state index contributed by atoms with van der Waals surface area (Å²) in [6.07, 6.45) is 1.61. The Morgan fingerprint density at radius 1 is 1.21 bits per heavy atom. The molecule has 1 N–H and O–H groups in total. The molecule has 1 aliphatic rings. The third-order valence-electron chi connectivity index (χ3n) is 4.30. The van der Waals surface area contributed by atoms with Crippen LogP contribution >= 0.6 is 0 Å². The Bertz CT molecular complexity index is 1050. The molecular formula is C19H19FN2O5S. The van der Waals surface area contributed by atoms with Crippen molar-refractivity contribution in [2.24, 2.45) is 0 Å². The van der Waals surface area contributed by atoms with Crippen LogP contribution in [0.25, 0.3) is 0 Å². The summed E-state index contributed by atoms with van der Waals surface area (Å²) in [5.41, 5.74) is 2.18. The molecule has 1 amide bonds. The van der Waals surface area contributed by atoms with Gasteiger partial charge in [-0.25, -0.2) is 17.6 Å². The maximum Gasteiger partial charge on any atom is 0.338 e. The van der Waals surface area contributed by atoms with E-state index in [-0.39, 0.29) is 11.3 Å². The monoisotopic (exact) mass is 406 g/mol. The smallest absolute Gasteiger partial charge is 0.338 e. The van der Waals surface area contributed by atoms with Crippen LogP contribution < -0.4 is 9.62 Å². The van der Waals surface area contributed by atoms with Crippen LogP contribution in [0.5, 0.6) is 0 Å². The van der Waals surface area contributed by atoms with Gasteiger partial charge >= 0.3 is 5.97 Å². The van der Waals surface area contributed by atoms with Gasteiger partial charge in [-0.1, -0.05) is 6.07 Å². The minimum Gasteiger partial charge on any atom is -0.452 e. The van der Waals surface area contributed by atoms with Crippen molar-refractivity contribution in [1.29, 1.82) is 0 Å². The third kappa shape index (κ3) is 4.30. The molecule has 0 spiro atoms. The number of carbonyl (C=O) groups is 2. The Balaban J connectivity index is 1.62. The Hall–Kier alpha value is -2.94. The fourth-order valence-electron chi connectivity index (χ4n) is 2.97. The highest BCUT2D eigenvalue weighted by atomic mass is 32.2. The first-order chi connectivity index (χ1) is 13.1. The van der Waals surface area contributed by atoms with Crippen LogP contribution in [-0.4, -0.2) is 39.7 Å². The molecule has 28 heavy (non-hydrogen) atoms. The number of rotatable bonds is 5. The number of hydrogen-bond donors (Lipinski definition) is 1. The average Bonchev–Trinajstić information content (AvgIpc) is 3.05. The molecule has 0 fully saturated rings. The molecule has 0 aliphatic carbocycles. The molecule has 0 bridgehead atoms. The average molecular weight is 406 g/mol. The van der Waals surface area contributed by atoms with Crippen LogP contribution in [0.3, 0.4) is 0 Å². The second-order valence-electron chi connectivity index (χ2n) is 6.54. The fourth-order valence-corrected chi connectivity index (χ4v) is 3.92. The molecule has 9 heteroatoms. The largest absolute Gasteiger partial charge is 0.452 e. The normalized spacial score (nSPS) is 13.2. The highest BCUT2D eigenvalue weighted by Gasteiger charge is 2.27. The van der Waals surface area contributed by atoms with Crippen LogP contribution in [0.15, 0.2) is 36.4 Å². The number of hydrogen-bond acceptors (Lipinski definition) is 5. The van der Waals surface area contributed by atoms with Gasteiger partial charge in [0.1, 0.15) is 5.82 Å². The summed E-state index contributed by atoms with van der Waals surface area (Å²) in [6.45, 7) is 1.47. The lowest BCUT2D eigenvalue weighted by Crippen LogP contribution is -2.27. The minimum absolute atomic E-state index is 0.00467. The van der Waals surface area contributed by atoms with Gasteiger partial charge < -0.3 is 10.1 Å². The van der Waals surface area contributed by atoms with E-state index in [9.17, 15) is 22.4 Å². The van der Waals surface area contributed by atoms with E-state index in [1.54, 1.807) is 25.1 Å². The first-order valence-electron chi connectivity index (χ1n) is 8.49. The molecule has 3 rings (SSSR count). The molecule has 0 aromatic heterocycles. The number of nitrogens with one attached hydrogen (secondary N) is 1. The van der Waals surface area contributed by atoms with E-state index in [2.05, 4.69) is 5.32 Å². The molecule has 1 aliphatic heterocycles. The van der Waals surface area contributed by atoms with Crippen LogP contribution in [0, 0.1) is 12.7 Å². The quantitative estimate of drug-likeness (QED) is 0.769. The summed E-state index contributed by atoms with van der Waals surface area (Å²) in [4.78, 5) is 24.1. The molecule has 2 aromatic carbocycles. The van der Waals surface area contributed by atoms with Crippen molar-refractivity contribution in [1.82, 2.24) is 0 Å². The highest BCUT2D eigenvalue weighted by molar-refractivity contribution is 7.92. The molecule has 0 saturated heterocycles. The van der Waals surface area contributed by atoms with Gasteiger partial charge in [-0.05, 0) is 54.8 Å². The Morgan fingerprint density at radius 3 is 2.64 bits per heavy atom. The lowest BCUT2D eigenvalue weighted by Gasteiger charge is -2.16. The van der Waals surface area contributed by atoms with Gasteiger partial charge in [0.05, 0.1) is 23.2 Å². The van der Waals surface area contributed by atoms with Crippen molar-refractivity contribution in [3.8, 4) is 0 Å². The SMILES string of the molecule is Cc1ccc(NC(=O)COC(=O)c2ccc3c(c2)CCN3S(C)(=O)=O)c(F)c1. The van der Waals surface area contributed by atoms with Gasteiger partial charge in [0, 0.05) is 6.54 Å². The first kappa shape index (κ1) is 19.8. The molecule has 2 aromatic rings. The highest BCUT2D eigenvalue weighted by Crippen LogP contribution is 2.30. The van der Waals surface area contributed by atoms with Gasteiger partial charge in [0.25, 0.3) is 5.91 Å². The lowest BCUT2D eigenvalue weighted by molar-refractivity contribution is -0.119. The van der Waals surface area contributed by atoms with E-state index in [0.29, 0.717) is 29.8 Å². The summed E-state index contributed by atoms with van der Waals surface area (Å²) in [5, 5.41) is 2.34. The number of fused-ring (bicyclic) bond motifs is 1. The zero-order valence-corrected chi connectivity index (χ0v) is 16.2. The van der Waals surface area contributed by atoms with Gasteiger partial charge in [0.15, 0.2) is 6.61 Å². The number of aryl methyl sites for hydroxylation is 1. The summed E-state index contributed by atoms with van der Waals surface area (Å²) in [7, 11) is -3.37. The van der Waals surface area contributed by atoms with E-state index in [4.69, 9.17) is 4.74 Å². The molecule has 7 nitrogen and oxygen atoms in total. The zero-order chi connectivity index (χ0) is 20.5. The second kappa shape index (κ2) is 7.59. The topological polar surface area (TPSA) is 92.8 Å². The van der Waals surface area contributed by atoms with Crippen molar-refractivity contribution < 1.29 is 27.1 Å². The minimum atomic E-state index is -3.37. The number of benzene rings is 2. The third-order valence-corrected chi connectivity index (χ3v) is 5.48. The van der Waals surface area contributed by atoms with Crippen molar-refractivity contribution in [3.63, 3.8) is 0 Å². The van der Waals surface area contributed by atoms with E-state index in [1.165, 1.54) is 22.5 Å². The Kier molecular flexibility index (Phi) is 5.37. The van der Waals surface area contributed by atoms with Gasteiger partial charge in [-0.15, -0.1) is 0 Å². The van der Waals surface area contributed by atoms with E-state index < -0.39 is 34.3 Å². The van der Waals surface area contributed by atoms with E-state index in [1.807, 2.05) is 0 Å². The number of halogens is 1. The number of nitrogens with zero attached hydrogens (tertiary/aromatic N) is 1. The predicted molar refractivity (Wildman–Crippen MR) is 102 cm³/mol. The summed E-state index contributed by atoms with van der Waals surface area (Å²) in [5.74, 6) is -1.96. The van der Waals surface area contributed by atoms with Crippen molar-refractivity contribution in [2.75, 3.05) is 29.0 Å². The second-order valence-corrected chi connectivity index (χ2v) is 8.44. The number of amides is 1. The molecule has 148 valence electrons. The predicted octanol–water partition coefficient (Wildman–Crippen LogP) is 2.25. The van der Waals surface area contributed by atoms with E-state index in [0.717, 1.165) is 6.26 Å². The number of anilines is 2. The number of sulfonamides is 1. The first-order valence-corrected chi connectivity index (χ1v) is 10.3. The lowest BCUT2D eigenvalue weighted by atomic mass is 10.1. The number of carbonyl (C=O) groups excluding carboxylic acids is 2. The van der Waals surface area contributed by atoms with Gasteiger partial charge in [-0.2, -0.15) is 0 Å². The molecule has 1 heterocycles.